The number of allylic oxidation sites excluding steroid dienone is 7. The minimum Gasteiger partial charge on any atom is -0.271 e. The molecular weight excluding hydrogens is 369 g/mol. The van der Waals surface area contributed by atoms with E-state index in [-0.39, 0.29) is 21.7 Å². The Labute approximate surface area is 179 Å². The van der Waals surface area contributed by atoms with Crippen LogP contribution in [0.2, 0.25) is 0 Å². The van der Waals surface area contributed by atoms with Crippen LogP contribution in [0.4, 0.5) is 0 Å². The van der Waals surface area contributed by atoms with Gasteiger partial charge in [0.2, 0.25) is 0 Å². The SMILES string of the molecule is CC=CC=CC.CCC(C)P(=NC1=CC=CC1)(C(C)CC)C(C)CC.[Ti]. The molecule has 0 aliphatic heterocycles. The van der Waals surface area contributed by atoms with Crippen LogP contribution >= 0.6 is 7.05 Å². The molecule has 0 aromatic carbocycles. The summed E-state index contributed by atoms with van der Waals surface area (Å²) in [6, 6.07) is 0. The van der Waals surface area contributed by atoms with Crippen molar-refractivity contribution in [1.82, 2.24) is 0 Å². The summed E-state index contributed by atoms with van der Waals surface area (Å²) in [5, 5.41) is 0. The molecule has 1 rings (SSSR count). The Bertz CT molecular complexity index is 485. The van der Waals surface area contributed by atoms with Crippen molar-refractivity contribution in [2.75, 3.05) is 0 Å². The maximum Gasteiger partial charge on any atom is 0.0425 e. The minimum atomic E-state index is -1.30. The molecule has 3 heteroatoms. The van der Waals surface area contributed by atoms with E-state index in [1.54, 1.807) is 0 Å². The molecule has 0 spiro atoms. The number of nitrogens with zero attached hydrogens (tertiary/aromatic N) is 1. The molecular formula is C23H42NPTi. The van der Waals surface area contributed by atoms with Gasteiger partial charge in [-0.25, -0.2) is 0 Å². The summed E-state index contributed by atoms with van der Waals surface area (Å²) in [5.74, 6) is 0. The van der Waals surface area contributed by atoms with Crippen LogP contribution in [0.15, 0.2) is 53.0 Å². The molecule has 3 atom stereocenters. The summed E-state index contributed by atoms with van der Waals surface area (Å²) in [6.45, 7) is 18.3. The average molecular weight is 411 g/mol. The van der Waals surface area contributed by atoms with Gasteiger partial charge in [0.1, 0.15) is 0 Å². The summed E-state index contributed by atoms with van der Waals surface area (Å²) in [7, 11) is -1.30. The molecule has 0 N–H and O–H groups in total. The van der Waals surface area contributed by atoms with Crippen molar-refractivity contribution in [2.45, 2.75) is 98.1 Å². The quantitative estimate of drug-likeness (QED) is 0.215. The van der Waals surface area contributed by atoms with Gasteiger partial charge in [0.15, 0.2) is 0 Å². The fourth-order valence-corrected chi connectivity index (χ4v) is 8.98. The zero-order valence-corrected chi connectivity index (χ0v) is 21.0. The first kappa shape index (κ1) is 28.1. The fourth-order valence-electron chi connectivity index (χ4n) is 3.43. The van der Waals surface area contributed by atoms with Crippen LogP contribution < -0.4 is 0 Å². The molecule has 0 saturated carbocycles. The van der Waals surface area contributed by atoms with Gasteiger partial charge in [-0.05, 0) is 63.2 Å². The third kappa shape index (κ3) is 8.29. The van der Waals surface area contributed by atoms with Gasteiger partial charge < -0.3 is 0 Å². The van der Waals surface area contributed by atoms with Crippen LogP contribution in [0.25, 0.3) is 0 Å². The van der Waals surface area contributed by atoms with Crippen LogP contribution in [0.3, 0.4) is 0 Å². The molecule has 3 unspecified atom stereocenters. The van der Waals surface area contributed by atoms with Crippen LogP contribution in [-0.4, -0.2) is 17.0 Å². The van der Waals surface area contributed by atoms with Crippen molar-refractivity contribution >= 4 is 7.05 Å². The molecule has 1 aliphatic carbocycles. The Balaban J connectivity index is 0. The molecule has 1 nitrogen and oxygen atoms in total. The average Bonchev–Trinajstić information content (AvgIpc) is 3.15. The van der Waals surface area contributed by atoms with E-state index in [1.165, 1.54) is 25.0 Å². The second kappa shape index (κ2) is 15.9. The molecule has 0 saturated heterocycles. The first-order valence-corrected chi connectivity index (χ1v) is 12.1. The monoisotopic (exact) mass is 411 g/mol. The van der Waals surface area contributed by atoms with E-state index in [1.807, 2.05) is 38.2 Å². The zero-order valence-electron chi connectivity index (χ0n) is 18.5. The largest absolute Gasteiger partial charge is 0.271 e. The molecule has 0 aromatic rings. The summed E-state index contributed by atoms with van der Waals surface area (Å²) in [4.78, 5) is 0. The number of hydrogen-bond donors (Lipinski definition) is 0. The smallest absolute Gasteiger partial charge is 0.0425 e. The van der Waals surface area contributed by atoms with Crippen molar-refractivity contribution in [3.05, 3.63) is 48.2 Å². The van der Waals surface area contributed by atoms with Crippen LogP contribution in [-0.2, 0) is 21.7 Å². The van der Waals surface area contributed by atoms with Gasteiger partial charge in [-0.3, -0.25) is 4.74 Å². The van der Waals surface area contributed by atoms with Gasteiger partial charge in [0.25, 0.3) is 0 Å². The second-order valence-corrected chi connectivity index (χ2v) is 11.4. The Morgan fingerprint density at radius 2 is 1.35 bits per heavy atom. The molecule has 0 radical (unpaired) electrons. The summed E-state index contributed by atoms with van der Waals surface area (Å²) in [6.07, 6.45) is 19.4. The Kier molecular flexibility index (Phi) is 17.2. The van der Waals surface area contributed by atoms with Crippen LogP contribution in [0.5, 0.6) is 0 Å². The Morgan fingerprint density at radius 3 is 1.62 bits per heavy atom. The van der Waals surface area contributed by atoms with E-state index in [9.17, 15) is 0 Å². The first-order valence-electron chi connectivity index (χ1n) is 10.1. The van der Waals surface area contributed by atoms with E-state index in [2.05, 4.69) is 59.8 Å². The standard InChI is InChI=1S/C17H32NP.C6H10.Ti/c1-7-14(4)19(15(5)8-2,16(6)9-3)18-17-12-10-11-13-17;1-3-5-6-4-2;/h10-12,14-16H,7-9,13H2,1-6H3;3-6H,1-2H3;. The molecule has 1 aliphatic rings. The molecule has 0 amide bonds. The molecule has 148 valence electrons. The summed E-state index contributed by atoms with van der Waals surface area (Å²) >= 11 is 0. The summed E-state index contributed by atoms with van der Waals surface area (Å²) < 4.78 is 5.43. The third-order valence-electron chi connectivity index (χ3n) is 5.44. The predicted molar refractivity (Wildman–Crippen MR) is 120 cm³/mol. The van der Waals surface area contributed by atoms with Gasteiger partial charge in [-0.15, -0.1) is 0 Å². The second-order valence-electron chi connectivity index (χ2n) is 7.01. The third-order valence-corrected chi connectivity index (χ3v) is 11.4. The molecule has 26 heavy (non-hydrogen) atoms. The predicted octanol–water partition coefficient (Wildman–Crippen LogP) is 8.56. The summed E-state index contributed by atoms with van der Waals surface area (Å²) in [5.41, 5.74) is 3.57. The number of hydrogen-bond acceptors (Lipinski definition) is 1. The van der Waals surface area contributed by atoms with Crippen molar-refractivity contribution in [3.8, 4) is 0 Å². The minimum absolute atomic E-state index is 0. The van der Waals surface area contributed by atoms with Crippen LogP contribution in [0.1, 0.15) is 81.1 Å². The van der Waals surface area contributed by atoms with Crippen molar-refractivity contribution in [2.24, 2.45) is 4.74 Å². The van der Waals surface area contributed by atoms with Gasteiger partial charge in [0, 0.05) is 33.8 Å². The fraction of sp³-hybridized carbons (Fsp3) is 0.652. The van der Waals surface area contributed by atoms with Gasteiger partial charge >= 0.3 is 0 Å². The molecule has 0 fully saturated rings. The first-order chi connectivity index (χ1) is 11.9. The maximum atomic E-state index is 5.43. The van der Waals surface area contributed by atoms with Crippen LogP contribution in [0, 0.1) is 0 Å². The van der Waals surface area contributed by atoms with Crippen molar-refractivity contribution < 1.29 is 21.7 Å². The Morgan fingerprint density at radius 1 is 0.923 bits per heavy atom. The molecule has 0 bridgehead atoms. The van der Waals surface area contributed by atoms with Gasteiger partial charge in [-0.2, -0.15) is 0 Å². The zero-order chi connectivity index (χ0) is 19.3. The van der Waals surface area contributed by atoms with E-state index < -0.39 is 7.05 Å². The maximum absolute atomic E-state index is 5.43. The van der Waals surface area contributed by atoms with E-state index in [0.717, 1.165) is 23.4 Å². The van der Waals surface area contributed by atoms with E-state index in [4.69, 9.17) is 4.74 Å². The number of rotatable bonds is 8. The van der Waals surface area contributed by atoms with E-state index in [0.29, 0.717) is 0 Å². The Hall–Kier alpha value is -0.0957. The normalized spacial score (nSPS) is 19.2. The molecule has 0 heterocycles. The molecule has 0 aromatic heterocycles. The van der Waals surface area contributed by atoms with Crippen molar-refractivity contribution in [1.29, 1.82) is 0 Å². The van der Waals surface area contributed by atoms with Gasteiger partial charge in [-0.1, -0.05) is 78.0 Å². The van der Waals surface area contributed by atoms with E-state index >= 15 is 0 Å². The topological polar surface area (TPSA) is 12.4 Å². The van der Waals surface area contributed by atoms with Gasteiger partial charge in [0.05, 0.1) is 0 Å². The van der Waals surface area contributed by atoms with Crippen molar-refractivity contribution in [3.63, 3.8) is 0 Å².